The van der Waals surface area contributed by atoms with Gasteiger partial charge in [-0.2, -0.15) is 0 Å². The molecule has 0 aromatic carbocycles. The highest BCUT2D eigenvalue weighted by Crippen LogP contribution is 2.57. The summed E-state index contributed by atoms with van der Waals surface area (Å²) >= 11 is 0. The van der Waals surface area contributed by atoms with Crippen LogP contribution in [0.2, 0.25) is 0 Å². The van der Waals surface area contributed by atoms with Crippen LogP contribution >= 0.6 is 0 Å². The van der Waals surface area contributed by atoms with Gasteiger partial charge in [-0.1, -0.05) is 0 Å². The Morgan fingerprint density at radius 2 is 0.857 bits per heavy atom. The number of hydrogen-bond acceptors (Lipinski definition) is 8. The van der Waals surface area contributed by atoms with Gasteiger partial charge < -0.3 is 18.9 Å². The Morgan fingerprint density at radius 1 is 0.536 bits per heavy atom. The molecule has 4 fully saturated rings. The van der Waals surface area contributed by atoms with Crippen LogP contribution in [0.15, 0.2) is 0 Å². The van der Waals surface area contributed by atoms with Crippen molar-refractivity contribution < 1.29 is 38.1 Å². The third kappa shape index (κ3) is 4.00. The molecule has 4 aliphatic carbocycles. The van der Waals surface area contributed by atoms with Crippen LogP contribution in [0.4, 0.5) is 0 Å². The Labute approximate surface area is 164 Å². The molecule has 8 atom stereocenters. The largest absolute Gasteiger partial charge is 0.462 e. The molecule has 0 saturated heterocycles. The lowest BCUT2D eigenvalue weighted by Gasteiger charge is -2.59. The maximum atomic E-state index is 11.7. The first-order valence-electron chi connectivity index (χ1n) is 9.88. The summed E-state index contributed by atoms with van der Waals surface area (Å²) in [5, 5.41) is 0. The number of rotatable bonds is 4. The average molecular weight is 396 g/mol. The molecule has 0 radical (unpaired) electrons. The Balaban J connectivity index is 1.98. The second-order valence-corrected chi connectivity index (χ2v) is 8.08. The minimum absolute atomic E-state index is 0.114. The van der Waals surface area contributed by atoms with Gasteiger partial charge in [-0.15, -0.1) is 0 Å². The second-order valence-electron chi connectivity index (χ2n) is 8.08. The summed E-state index contributed by atoms with van der Waals surface area (Å²) in [4.78, 5) is 46.8. The van der Waals surface area contributed by atoms with E-state index in [4.69, 9.17) is 18.9 Å². The minimum Gasteiger partial charge on any atom is -0.462 e. The fourth-order valence-corrected chi connectivity index (χ4v) is 5.75. The van der Waals surface area contributed by atoms with E-state index in [-0.39, 0.29) is 47.8 Å². The summed E-state index contributed by atoms with van der Waals surface area (Å²) < 4.78 is 22.4. The number of hydrogen-bond donors (Lipinski definition) is 0. The summed E-state index contributed by atoms with van der Waals surface area (Å²) in [7, 11) is 0. The third-order valence-electron chi connectivity index (χ3n) is 6.27. The van der Waals surface area contributed by atoms with Crippen molar-refractivity contribution in [2.75, 3.05) is 0 Å². The zero-order chi connectivity index (χ0) is 20.6. The number of fused-ring (bicyclic) bond motifs is 2. The van der Waals surface area contributed by atoms with E-state index in [1.165, 1.54) is 27.7 Å². The molecule has 156 valence electrons. The number of ether oxygens (including phenoxy) is 4. The van der Waals surface area contributed by atoms with Crippen molar-refractivity contribution in [3.63, 3.8) is 0 Å². The lowest BCUT2D eigenvalue weighted by atomic mass is 9.51. The maximum absolute atomic E-state index is 11.7. The molecule has 0 aliphatic heterocycles. The van der Waals surface area contributed by atoms with E-state index in [1.54, 1.807) is 0 Å². The zero-order valence-electron chi connectivity index (χ0n) is 16.7. The predicted molar refractivity (Wildman–Crippen MR) is 94.6 cm³/mol. The number of esters is 4. The van der Waals surface area contributed by atoms with Crippen molar-refractivity contribution in [3.05, 3.63) is 0 Å². The van der Waals surface area contributed by atoms with Crippen LogP contribution < -0.4 is 0 Å². The van der Waals surface area contributed by atoms with Gasteiger partial charge in [0.15, 0.2) is 0 Å². The third-order valence-corrected chi connectivity index (χ3v) is 6.27. The van der Waals surface area contributed by atoms with E-state index in [0.29, 0.717) is 12.8 Å². The standard InChI is InChI=1S/C20H28O8/c1-9(21)25-15-7-8-16(26-10(2)22)18-14-6-5-13(17(15)18)19(27-11(3)23)20(14)28-12(4)24/h13-20H,5-8H2,1-4H3/t13-,14+,15+,16-,17+,18-,19-,20+. The first kappa shape index (κ1) is 20.6. The summed E-state index contributed by atoms with van der Waals surface area (Å²) in [6.07, 6.45) is 0.848. The maximum Gasteiger partial charge on any atom is 0.303 e. The first-order valence-corrected chi connectivity index (χ1v) is 9.88. The normalized spacial score (nSPS) is 38.7. The lowest BCUT2D eigenvalue weighted by molar-refractivity contribution is -0.243. The van der Waals surface area contributed by atoms with Crippen molar-refractivity contribution >= 4 is 23.9 Å². The van der Waals surface area contributed by atoms with Crippen molar-refractivity contribution in [3.8, 4) is 0 Å². The van der Waals surface area contributed by atoms with Gasteiger partial charge in [0.2, 0.25) is 0 Å². The number of carbonyl (C=O) groups is 4. The predicted octanol–water partition coefficient (Wildman–Crippen LogP) is 1.78. The highest BCUT2D eigenvalue weighted by molar-refractivity contribution is 5.68. The highest BCUT2D eigenvalue weighted by Gasteiger charge is 2.63. The van der Waals surface area contributed by atoms with Gasteiger partial charge in [-0.25, -0.2) is 0 Å². The molecule has 0 N–H and O–H groups in total. The van der Waals surface area contributed by atoms with Crippen molar-refractivity contribution in [1.29, 1.82) is 0 Å². The molecule has 28 heavy (non-hydrogen) atoms. The summed E-state index contributed by atoms with van der Waals surface area (Å²) in [5.74, 6) is -2.11. The van der Waals surface area contributed by atoms with Crippen LogP contribution in [-0.4, -0.2) is 48.3 Å². The summed E-state index contributed by atoms with van der Waals surface area (Å²) in [6, 6.07) is 0. The Bertz CT molecular complexity index is 603. The molecule has 4 rings (SSSR count). The first-order chi connectivity index (χ1) is 13.2. The van der Waals surface area contributed by atoms with E-state index in [1.807, 2.05) is 0 Å². The second kappa shape index (κ2) is 8.09. The van der Waals surface area contributed by atoms with Gasteiger partial charge >= 0.3 is 23.9 Å². The number of carbonyl (C=O) groups excluding carboxylic acids is 4. The van der Waals surface area contributed by atoms with Crippen molar-refractivity contribution in [2.24, 2.45) is 23.7 Å². The Kier molecular flexibility index (Phi) is 5.95. The molecular formula is C20H28O8. The van der Waals surface area contributed by atoms with Gasteiger partial charge in [0, 0.05) is 51.4 Å². The fraction of sp³-hybridized carbons (Fsp3) is 0.800. The van der Waals surface area contributed by atoms with Crippen molar-refractivity contribution in [2.45, 2.75) is 77.8 Å². The van der Waals surface area contributed by atoms with Crippen molar-refractivity contribution in [1.82, 2.24) is 0 Å². The van der Waals surface area contributed by atoms with Crippen LogP contribution in [0.5, 0.6) is 0 Å². The lowest BCUT2D eigenvalue weighted by Crippen LogP contribution is -2.65. The van der Waals surface area contributed by atoms with E-state index in [2.05, 4.69) is 0 Å². The van der Waals surface area contributed by atoms with Gasteiger partial charge in [-0.3, -0.25) is 19.2 Å². The van der Waals surface area contributed by atoms with E-state index < -0.39 is 24.1 Å². The molecule has 0 aromatic rings. The molecule has 8 heteroatoms. The van der Waals surface area contributed by atoms with E-state index in [9.17, 15) is 19.2 Å². The monoisotopic (exact) mass is 396 g/mol. The Hall–Kier alpha value is -2.12. The molecule has 4 aliphatic rings. The van der Waals surface area contributed by atoms with E-state index >= 15 is 0 Å². The average Bonchev–Trinajstić information content (AvgIpc) is 2.57. The molecule has 8 nitrogen and oxygen atoms in total. The molecule has 0 spiro atoms. The topological polar surface area (TPSA) is 105 Å². The zero-order valence-corrected chi connectivity index (χ0v) is 16.7. The molecule has 4 saturated carbocycles. The molecule has 0 amide bonds. The van der Waals surface area contributed by atoms with Crippen LogP contribution in [0.3, 0.4) is 0 Å². The van der Waals surface area contributed by atoms with Crippen LogP contribution in [0, 0.1) is 23.7 Å². The summed E-state index contributed by atoms with van der Waals surface area (Å²) in [6.45, 7) is 5.41. The summed E-state index contributed by atoms with van der Waals surface area (Å²) in [5.41, 5.74) is 0. The fourth-order valence-electron chi connectivity index (χ4n) is 5.75. The van der Waals surface area contributed by atoms with Gasteiger partial charge in [0.25, 0.3) is 0 Å². The van der Waals surface area contributed by atoms with Crippen LogP contribution in [-0.2, 0) is 38.1 Å². The Morgan fingerprint density at radius 3 is 1.14 bits per heavy atom. The highest BCUT2D eigenvalue weighted by atomic mass is 16.6. The minimum atomic E-state index is -0.587. The van der Waals surface area contributed by atoms with Crippen LogP contribution in [0.25, 0.3) is 0 Å². The molecule has 0 heterocycles. The SMILES string of the molecule is CC(=O)O[C@@H]1[C@@H]2CC[C@H]([C@@H]1OC(C)=O)[C@H]1[C@@H]2[C@@H](OC(C)=O)CC[C@H]1OC(C)=O. The molecule has 0 unspecified atom stereocenters. The molecule has 2 bridgehead atoms. The van der Waals surface area contributed by atoms with Gasteiger partial charge in [-0.05, 0) is 25.7 Å². The smallest absolute Gasteiger partial charge is 0.303 e. The van der Waals surface area contributed by atoms with Gasteiger partial charge in [0.1, 0.15) is 24.4 Å². The molecule has 0 aromatic heterocycles. The van der Waals surface area contributed by atoms with Gasteiger partial charge in [0.05, 0.1) is 0 Å². The quantitative estimate of drug-likeness (QED) is 0.523. The van der Waals surface area contributed by atoms with E-state index in [0.717, 1.165) is 12.8 Å². The molecular weight excluding hydrogens is 368 g/mol. The van der Waals surface area contributed by atoms with Crippen LogP contribution in [0.1, 0.15) is 53.4 Å².